The Morgan fingerprint density at radius 2 is 2.20 bits per heavy atom. The van der Waals surface area contributed by atoms with Crippen LogP contribution in [0.1, 0.15) is 20.8 Å². The van der Waals surface area contributed by atoms with Crippen molar-refractivity contribution in [1.29, 1.82) is 0 Å². The van der Waals surface area contributed by atoms with Crippen LogP contribution in [0, 0.1) is 5.92 Å². The number of hydrogen-bond acceptors (Lipinski definition) is 2. The summed E-state index contributed by atoms with van der Waals surface area (Å²) in [4.78, 5) is 0. The van der Waals surface area contributed by atoms with E-state index in [0.29, 0.717) is 5.92 Å². The minimum atomic E-state index is 0.620. The Kier molecular flexibility index (Phi) is 5.84. The summed E-state index contributed by atoms with van der Waals surface area (Å²) in [6, 6.07) is 0. The largest absolute Gasteiger partial charge is 0.319 e. The van der Waals surface area contributed by atoms with E-state index in [9.17, 15) is 0 Å². The van der Waals surface area contributed by atoms with Gasteiger partial charge in [-0.15, -0.1) is 0 Å². The normalized spacial score (nSPS) is 12.8. The van der Waals surface area contributed by atoms with E-state index < -0.39 is 0 Å². The van der Waals surface area contributed by atoms with Crippen LogP contribution < -0.4 is 0 Å². The molecule has 1 atom stereocenters. The summed E-state index contributed by atoms with van der Waals surface area (Å²) in [5.41, 5.74) is 1.38. The molecule has 0 aromatic heterocycles. The summed E-state index contributed by atoms with van der Waals surface area (Å²) in [7, 11) is 1.71. The molecule has 0 aromatic rings. The molecule has 0 saturated carbocycles. The fraction of sp³-hybridized carbons (Fsp3) is 0.750. The second kappa shape index (κ2) is 5.81. The highest BCUT2D eigenvalue weighted by Gasteiger charge is 1.96. The molecular weight excluding hydrogens is 144 g/mol. The number of allylic oxidation sites excluding steroid dienone is 2. The maximum absolute atomic E-state index is 4.88. The van der Waals surface area contributed by atoms with Gasteiger partial charge in [0.05, 0.1) is 7.11 Å². The van der Waals surface area contributed by atoms with Gasteiger partial charge in [0.2, 0.25) is 0 Å². The molecule has 0 aromatic carbocycles. The van der Waals surface area contributed by atoms with Crippen molar-refractivity contribution in [2.75, 3.05) is 12.9 Å². The lowest BCUT2D eigenvalue weighted by Gasteiger charge is -2.03. The van der Waals surface area contributed by atoms with Gasteiger partial charge >= 0.3 is 0 Å². The summed E-state index contributed by atoms with van der Waals surface area (Å²) in [6.45, 7) is 6.43. The van der Waals surface area contributed by atoms with Gasteiger partial charge < -0.3 is 4.18 Å². The molecule has 10 heavy (non-hydrogen) atoms. The van der Waals surface area contributed by atoms with E-state index in [1.165, 1.54) is 17.6 Å². The van der Waals surface area contributed by atoms with E-state index in [4.69, 9.17) is 4.18 Å². The Bertz CT molecular complexity index is 106. The summed E-state index contributed by atoms with van der Waals surface area (Å²) in [6.07, 6.45) is 2.26. The van der Waals surface area contributed by atoms with Gasteiger partial charge in [0.15, 0.2) is 0 Å². The average molecular weight is 160 g/mol. The highest BCUT2D eigenvalue weighted by atomic mass is 32.2. The molecule has 0 aliphatic carbocycles. The van der Waals surface area contributed by atoms with Crippen LogP contribution in [0.5, 0.6) is 0 Å². The van der Waals surface area contributed by atoms with E-state index in [1.54, 1.807) is 7.11 Å². The van der Waals surface area contributed by atoms with E-state index in [-0.39, 0.29) is 0 Å². The lowest BCUT2D eigenvalue weighted by molar-refractivity contribution is 0.487. The fourth-order valence-corrected chi connectivity index (χ4v) is 1.24. The van der Waals surface area contributed by atoms with Crippen molar-refractivity contribution in [2.24, 2.45) is 5.92 Å². The zero-order valence-electron chi connectivity index (χ0n) is 7.18. The highest BCUT2D eigenvalue weighted by molar-refractivity contribution is 7.94. The molecule has 0 radical (unpaired) electrons. The first-order valence-electron chi connectivity index (χ1n) is 3.47. The Hall–Kier alpha value is 0.0500. The number of hydrogen-bond donors (Lipinski definition) is 0. The topological polar surface area (TPSA) is 9.23 Å². The summed E-state index contributed by atoms with van der Waals surface area (Å²) in [5.74, 6) is 1.66. The van der Waals surface area contributed by atoms with Crippen LogP contribution in [0.4, 0.5) is 0 Å². The lowest BCUT2D eigenvalue weighted by atomic mass is 10.1. The standard InChI is InChI=1S/C8H16OS/c1-7(2)5-8(3)6-10-9-4/h5,8H,6H2,1-4H3. The summed E-state index contributed by atoms with van der Waals surface area (Å²) in [5, 5.41) is 0. The molecule has 1 nitrogen and oxygen atoms in total. The van der Waals surface area contributed by atoms with Crippen molar-refractivity contribution < 1.29 is 4.18 Å². The second-order valence-corrected chi connectivity index (χ2v) is 3.57. The first kappa shape index (κ1) is 10.0. The minimum absolute atomic E-state index is 0.620. The molecule has 0 rings (SSSR count). The molecule has 0 amide bonds. The Balaban J connectivity index is 3.43. The zero-order chi connectivity index (χ0) is 7.98. The molecule has 2 heteroatoms. The van der Waals surface area contributed by atoms with Crippen molar-refractivity contribution in [1.82, 2.24) is 0 Å². The second-order valence-electron chi connectivity index (χ2n) is 2.67. The van der Waals surface area contributed by atoms with Gasteiger partial charge in [-0.2, -0.15) is 0 Å². The van der Waals surface area contributed by atoms with Gasteiger partial charge in [0.25, 0.3) is 0 Å². The van der Waals surface area contributed by atoms with Crippen molar-refractivity contribution in [2.45, 2.75) is 20.8 Å². The molecule has 0 heterocycles. The maximum Gasteiger partial charge on any atom is 0.0503 e. The van der Waals surface area contributed by atoms with Crippen LogP contribution in [-0.4, -0.2) is 12.9 Å². The van der Waals surface area contributed by atoms with Crippen LogP contribution in [0.3, 0.4) is 0 Å². The van der Waals surface area contributed by atoms with Crippen molar-refractivity contribution in [3.05, 3.63) is 11.6 Å². The molecule has 0 saturated heterocycles. The predicted molar refractivity (Wildman–Crippen MR) is 48.1 cm³/mol. The van der Waals surface area contributed by atoms with Gasteiger partial charge in [0.1, 0.15) is 0 Å². The quantitative estimate of drug-likeness (QED) is 0.462. The molecule has 0 N–H and O–H groups in total. The molecule has 0 fully saturated rings. The Morgan fingerprint density at radius 3 is 2.60 bits per heavy atom. The van der Waals surface area contributed by atoms with Crippen molar-refractivity contribution in [3.63, 3.8) is 0 Å². The van der Waals surface area contributed by atoms with Gasteiger partial charge in [-0.3, -0.25) is 0 Å². The monoisotopic (exact) mass is 160 g/mol. The lowest BCUT2D eigenvalue weighted by Crippen LogP contribution is -1.93. The third-order valence-electron chi connectivity index (χ3n) is 1.07. The van der Waals surface area contributed by atoms with E-state index in [0.717, 1.165) is 5.75 Å². The van der Waals surface area contributed by atoms with E-state index in [2.05, 4.69) is 26.8 Å². The predicted octanol–water partition coefficient (Wildman–Crippen LogP) is 2.88. The first-order valence-corrected chi connectivity index (χ1v) is 4.38. The third-order valence-corrected chi connectivity index (χ3v) is 1.96. The van der Waals surface area contributed by atoms with Crippen LogP contribution in [-0.2, 0) is 4.18 Å². The molecule has 0 aliphatic rings. The Morgan fingerprint density at radius 1 is 1.60 bits per heavy atom. The van der Waals surface area contributed by atoms with Crippen LogP contribution in [0.2, 0.25) is 0 Å². The smallest absolute Gasteiger partial charge is 0.0503 e. The number of rotatable bonds is 4. The van der Waals surface area contributed by atoms with Gasteiger partial charge in [0, 0.05) is 5.75 Å². The van der Waals surface area contributed by atoms with Crippen molar-refractivity contribution >= 4 is 12.0 Å². The molecule has 60 valence electrons. The SMILES string of the molecule is COSCC(C)C=C(C)C. The molecule has 1 unspecified atom stereocenters. The van der Waals surface area contributed by atoms with E-state index >= 15 is 0 Å². The molecule has 0 bridgehead atoms. The van der Waals surface area contributed by atoms with E-state index in [1.807, 2.05) is 0 Å². The first-order chi connectivity index (χ1) is 4.66. The molecule has 0 aliphatic heterocycles. The van der Waals surface area contributed by atoms with Crippen LogP contribution >= 0.6 is 12.0 Å². The van der Waals surface area contributed by atoms with Crippen LogP contribution in [0.25, 0.3) is 0 Å². The summed E-state index contributed by atoms with van der Waals surface area (Å²) < 4.78 is 4.88. The zero-order valence-corrected chi connectivity index (χ0v) is 7.99. The highest BCUT2D eigenvalue weighted by Crippen LogP contribution is 2.10. The fourth-order valence-electron chi connectivity index (χ4n) is 0.793. The average Bonchev–Trinajstić information content (AvgIpc) is 1.82. The Labute approximate surface area is 68.0 Å². The van der Waals surface area contributed by atoms with Crippen LogP contribution in [0.15, 0.2) is 11.6 Å². The molecular formula is C8H16OS. The van der Waals surface area contributed by atoms with Gasteiger partial charge in [-0.1, -0.05) is 18.6 Å². The maximum atomic E-state index is 4.88. The molecule has 0 spiro atoms. The van der Waals surface area contributed by atoms with Crippen molar-refractivity contribution in [3.8, 4) is 0 Å². The summed E-state index contributed by atoms with van der Waals surface area (Å²) >= 11 is 1.51. The van der Waals surface area contributed by atoms with Gasteiger partial charge in [-0.25, -0.2) is 0 Å². The minimum Gasteiger partial charge on any atom is -0.319 e. The third kappa shape index (κ3) is 6.17. The van der Waals surface area contributed by atoms with Gasteiger partial charge in [-0.05, 0) is 31.8 Å².